The van der Waals surface area contributed by atoms with Crippen LogP contribution in [0.3, 0.4) is 0 Å². The van der Waals surface area contributed by atoms with Gasteiger partial charge in [0.1, 0.15) is 6.04 Å². The number of hydrogen-bond donors (Lipinski definition) is 1. The SMILES string of the molecule is COC(=O)C(C)n1c(=S)[nH]c2cccc(C)c21. The van der Waals surface area contributed by atoms with Crippen LogP contribution in [0.15, 0.2) is 18.2 Å². The molecule has 5 heteroatoms. The minimum atomic E-state index is -0.428. The van der Waals surface area contributed by atoms with E-state index in [1.807, 2.05) is 25.1 Å². The molecular formula is C12H14N2O2S. The number of H-pyrrole nitrogens is 1. The van der Waals surface area contributed by atoms with E-state index in [4.69, 9.17) is 17.0 Å². The molecule has 17 heavy (non-hydrogen) atoms. The molecule has 0 aliphatic heterocycles. The first-order valence-electron chi connectivity index (χ1n) is 5.34. The molecule has 1 N–H and O–H groups in total. The molecule has 2 aromatic rings. The van der Waals surface area contributed by atoms with E-state index in [0.29, 0.717) is 4.77 Å². The largest absolute Gasteiger partial charge is 0.467 e. The lowest BCUT2D eigenvalue weighted by Crippen LogP contribution is -2.18. The van der Waals surface area contributed by atoms with Gasteiger partial charge < -0.3 is 14.3 Å². The lowest BCUT2D eigenvalue weighted by molar-refractivity contribution is -0.143. The third-order valence-electron chi connectivity index (χ3n) is 2.87. The highest BCUT2D eigenvalue weighted by molar-refractivity contribution is 7.71. The zero-order valence-corrected chi connectivity index (χ0v) is 10.8. The van der Waals surface area contributed by atoms with E-state index < -0.39 is 6.04 Å². The van der Waals surface area contributed by atoms with Crippen molar-refractivity contribution in [2.24, 2.45) is 0 Å². The number of carbonyl (C=O) groups excluding carboxylic acids is 1. The quantitative estimate of drug-likeness (QED) is 0.658. The number of ether oxygens (including phenoxy) is 1. The van der Waals surface area contributed by atoms with Crippen LogP contribution in [0.2, 0.25) is 0 Å². The number of methoxy groups -OCH3 is 1. The van der Waals surface area contributed by atoms with Gasteiger partial charge in [-0.2, -0.15) is 0 Å². The van der Waals surface area contributed by atoms with Crippen molar-refractivity contribution < 1.29 is 9.53 Å². The first-order chi connectivity index (χ1) is 8.06. The zero-order valence-electron chi connectivity index (χ0n) is 9.98. The van der Waals surface area contributed by atoms with E-state index in [0.717, 1.165) is 16.6 Å². The van der Waals surface area contributed by atoms with Crippen LogP contribution < -0.4 is 0 Å². The summed E-state index contributed by atoms with van der Waals surface area (Å²) in [6, 6.07) is 5.46. The monoisotopic (exact) mass is 250 g/mol. The Balaban J connectivity index is 2.72. The average molecular weight is 250 g/mol. The number of nitrogens with one attached hydrogen (secondary N) is 1. The van der Waals surface area contributed by atoms with Crippen molar-refractivity contribution in [1.82, 2.24) is 9.55 Å². The molecule has 1 aromatic heterocycles. The minimum absolute atomic E-state index is 0.301. The standard InChI is InChI=1S/C12H14N2O2S/c1-7-5-4-6-9-10(7)14(12(17)13-9)8(2)11(15)16-3/h4-6,8H,1-3H3,(H,13,17). The predicted molar refractivity (Wildman–Crippen MR) is 68.6 cm³/mol. The van der Waals surface area contributed by atoms with Crippen LogP contribution in [0, 0.1) is 11.7 Å². The molecule has 0 aliphatic carbocycles. The molecule has 1 atom stereocenters. The molecule has 0 fully saturated rings. The van der Waals surface area contributed by atoms with Crippen molar-refractivity contribution in [2.75, 3.05) is 7.11 Å². The summed E-state index contributed by atoms with van der Waals surface area (Å²) in [4.78, 5) is 14.7. The van der Waals surface area contributed by atoms with Gasteiger partial charge in [0.25, 0.3) is 0 Å². The Morgan fingerprint density at radius 2 is 2.24 bits per heavy atom. The van der Waals surface area contributed by atoms with Crippen LogP contribution in [0.25, 0.3) is 11.0 Å². The smallest absolute Gasteiger partial charge is 0.328 e. The molecule has 0 spiro atoms. The van der Waals surface area contributed by atoms with Gasteiger partial charge in [-0.05, 0) is 37.7 Å². The Morgan fingerprint density at radius 3 is 2.88 bits per heavy atom. The number of benzene rings is 1. The fourth-order valence-corrected chi connectivity index (χ4v) is 2.36. The van der Waals surface area contributed by atoms with Gasteiger partial charge in [-0.1, -0.05) is 12.1 Å². The fourth-order valence-electron chi connectivity index (χ4n) is 2.00. The van der Waals surface area contributed by atoms with Crippen molar-refractivity contribution in [3.8, 4) is 0 Å². The number of nitrogens with zero attached hydrogens (tertiary/aromatic N) is 1. The maximum atomic E-state index is 11.6. The summed E-state index contributed by atoms with van der Waals surface area (Å²) in [5.74, 6) is -0.301. The third kappa shape index (κ3) is 1.86. The van der Waals surface area contributed by atoms with Crippen LogP contribution >= 0.6 is 12.2 Å². The number of fused-ring (bicyclic) bond motifs is 1. The predicted octanol–water partition coefficient (Wildman–Crippen LogP) is 2.74. The number of rotatable bonds is 2. The molecule has 0 saturated carbocycles. The van der Waals surface area contributed by atoms with Gasteiger partial charge in [0.05, 0.1) is 18.1 Å². The highest BCUT2D eigenvalue weighted by Crippen LogP contribution is 2.22. The Hall–Kier alpha value is -1.62. The van der Waals surface area contributed by atoms with E-state index in [1.165, 1.54) is 7.11 Å². The summed E-state index contributed by atoms with van der Waals surface area (Å²) in [5, 5.41) is 0. The summed E-state index contributed by atoms with van der Waals surface area (Å²) in [7, 11) is 1.38. The van der Waals surface area contributed by atoms with Crippen molar-refractivity contribution in [2.45, 2.75) is 19.9 Å². The molecule has 0 aliphatic rings. The van der Waals surface area contributed by atoms with Gasteiger partial charge in [0, 0.05) is 0 Å². The summed E-state index contributed by atoms with van der Waals surface area (Å²) in [6.07, 6.45) is 0. The van der Waals surface area contributed by atoms with Crippen LogP contribution in [0.5, 0.6) is 0 Å². The van der Waals surface area contributed by atoms with E-state index in [-0.39, 0.29) is 5.97 Å². The van der Waals surface area contributed by atoms with Crippen LogP contribution in [-0.2, 0) is 9.53 Å². The lowest BCUT2D eigenvalue weighted by Gasteiger charge is -2.13. The summed E-state index contributed by atoms with van der Waals surface area (Å²) < 4.78 is 7.09. The molecular weight excluding hydrogens is 236 g/mol. The second-order valence-electron chi connectivity index (χ2n) is 3.97. The lowest BCUT2D eigenvalue weighted by atomic mass is 10.2. The van der Waals surface area contributed by atoms with Crippen molar-refractivity contribution in [1.29, 1.82) is 0 Å². The van der Waals surface area contributed by atoms with Gasteiger partial charge >= 0.3 is 5.97 Å². The molecule has 1 unspecified atom stereocenters. The number of aromatic nitrogens is 2. The normalized spacial score (nSPS) is 12.6. The molecule has 4 nitrogen and oxygen atoms in total. The molecule has 1 heterocycles. The maximum Gasteiger partial charge on any atom is 0.328 e. The van der Waals surface area contributed by atoms with Crippen LogP contribution in [0.4, 0.5) is 0 Å². The van der Waals surface area contributed by atoms with Gasteiger partial charge in [0.2, 0.25) is 0 Å². The summed E-state index contributed by atoms with van der Waals surface area (Å²) >= 11 is 5.26. The van der Waals surface area contributed by atoms with Gasteiger partial charge in [-0.15, -0.1) is 0 Å². The maximum absolute atomic E-state index is 11.6. The Kier molecular flexibility index (Phi) is 3.02. The van der Waals surface area contributed by atoms with Crippen molar-refractivity contribution in [3.63, 3.8) is 0 Å². The molecule has 0 radical (unpaired) electrons. The number of aryl methyl sites for hydroxylation is 1. The molecule has 90 valence electrons. The number of carbonyl (C=O) groups is 1. The molecule has 0 amide bonds. The number of imidazole rings is 1. The summed E-state index contributed by atoms with van der Waals surface area (Å²) in [5.41, 5.74) is 2.96. The second kappa shape index (κ2) is 4.33. The van der Waals surface area contributed by atoms with E-state index in [9.17, 15) is 4.79 Å². The summed E-state index contributed by atoms with van der Waals surface area (Å²) in [6.45, 7) is 3.77. The second-order valence-corrected chi connectivity index (χ2v) is 4.36. The Morgan fingerprint density at radius 1 is 1.53 bits per heavy atom. The number of hydrogen-bond acceptors (Lipinski definition) is 3. The third-order valence-corrected chi connectivity index (χ3v) is 3.17. The van der Waals surface area contributed by atoms with Gasteiger partial charge in [0.15, 0.2) is 4.77 Å². The molecule has 0 bridgehead atoms. The number of para-hydroxylation sites is 1. The average Bonchev–Trinajstić information content (AvgIpc) is 2.65. The Labute approximate surface area is 104 Å². The van der Waals surface area contributed by atoms with Crippen LogP contribution in [0.1, 0.15) is 18.5 Å². The number of aromatic amines is 1. The van der Waals surface area contributed by atoms with E-state index in [2.05, 4.69) is 4.98 Å². The first-order valence-corrected chi connectivity index (χ1v) is 5.74. The number of esters is 1. The van der Waals surface area contributed by atoms with Crippen molar-refractivity contribution in [3.05, 3.63) is 28.5 Å². The Bertz CT molecular complexity index is 627. The van der Waals surface area contributed by atoms with Crippen molar-refractivity contribution >= 4 is 29.2 Å². The van der Waals surface area contributed by atoms with E-state index in [1.54, 1.807) is 11.5 Å². The fraction of sp³-hybridized carbons (Fsp3) is 0.333. The highest BCUT2D eigenvalue weighted by Gasteiger charge is 2.19. The minimum Gasteiger partial charge on any atom is -0.467 e. The van der Waals surface area contributed by atoms with Crippen LogP contribution in [-0.4, -0.2) is 22.6 Å². The van der Waals surface area contributed by atoms with E-state index >= 15 is 0 Å². The van der Waals surface area contributed by atoms with Gasteiger partial charge in [-0.3, -0.25) is 0 Å². The topological polar surface area (TPSA) is 47.0 Å². The van der Waals surface area contributed by atoms with Gasteiger partial charge in [-0.25, -0.2) is 4.79 Å². The zero-order chi connectivity index (χ0) is 12.6. The highest BCUT2D eigenvalue weighted by atomic mass is 32.1. The molecule has 0 saturated heterocycles. The molecule has 2 rings (SSSR count). The molecule has 1 aromatic carbocycles. The first kappa shape index (κ1) is 11.9.